The standard InChI is InChI=1S/C17H17ClO3/c1-3-16(19)21-17-14(18)10-7-11-15(17)20-12(2)13-8-5-4-6-9-13/h4-12H,3H2,1-2H3. The maximum Gasteiger partial charge on any atom is 0.311 e. The minimum atomic E-state index is -0.347. The van der Waals surface area contributed by atoms with E-state index in [1.807, 2.05) is 37.3 Å². The van der Waals surface area contributed by atoms with Crippen LogP contribution in [0.5, 0.6) is 11.5 Å². The van der Waals surface area contributed by atoms with Crippen LogP contribution in [0.2, 0.25) is 5.02 Å². The Morgan fingerprint density at radius 1 is 1.14 bits per heavy atom. The molecular weight excluding hydrogens is 288 g/mol. The third-order valence-electron chi connectivity index (χ3n) is 3.01. The van der Waals surface area contributed by atoms with Crippen molar-refractivity contribution < 1.29 is 14.3 Å². The average Bonchev–Trinajstić information content (AvgIpc) is 2.51. The molecule has 0 spiro atoms. The summed E-state index contributed by atoms with van der Waals surface area (Å²) in [6.45, 7) is 3.66. The van der Waals surface area contributed by atoms with Gasteiger partial charge in [-0.1, -0.05) is 54.9 Å². The first kappa shape index (κ1) is 15.4. The lowest BCUT2D eigenvalue weighted by atomic mass is 10.1. The Labute approximate surface area is 129 Å². The van der Waals surface area contributed by atoms with Crippen LogP contribution in [0.15, 0.2) is 48.5 Å². The number of hydrogen-bond acceptors (Lipinski definition) is 3. The van der Waals surface area contributed by atoms with Crippen molar-refractivity contribution in [2.24, 2.45) is 0 Å². The largest absolute Gasteiger partial charge is 0.482 e. The molecule has 0 heterocycles. The second-order valence-corrected chi connectivity index (χ2v) is 4.97. The highest BCUT2D eigenvalue weighted by Crippen LogP contribution is 2.37. The first-order chi connectivity index (χ1) is 10.1. The zero-order chi connectivity index (χ0) is 15.2. The predicted octanol–water partition coefficient (Wildman–Crippen LogP) is 4.80. The van der Waals surface area contributed by atoms with Gasteiger partial charge in [-0.3, -0.25) is 4.79 Å². The van der Waals surface area contributed by atoms with Crippen molar-refractivity contribution in [2.75, 3.05) is 0 Å². The monoisotopic (exact) mass is 304 g/mol. The summed E-state index contributed by atoms with van der Waals surface area (Å²) in [5, 5.41) is 0.356. The highest BCUT2D eigenvalue weighted by atomic mass is 35.5. The van der Waals surface area contributed by atoms with Gasteiger partial charge in [0.15, 0.2) is 11.5 Å². The lowest BCUT2D eigenvalue weighted by Crippen LogP contribution is -2.09. The molecule has 0 fully saturated rings. The summed E-state index contributed by atoms with van der Waals surface area (Å²) in [6.07, 6.45) is 0.0996. The second kappa shape index (κ2) is 7.14. The minimum Gasteiger partial charge on any atom is -0.482 e. The van der Waals surface area contributed by atoms with E-state index in [1.54, 1.807) is 25.1 Å². The van der Waals surface area contributed by atoms with Gasteiger partial charge in [0.25, 0.3) is 0 Å². The number of halogens is 1. The van der Waals surface area contributed by atoms with E-state index in [9.17, 15) is 4.79 Å². The maximum absolute atomic E-state index is 11.5. The number of hydrogen-bond donors (Lipinski definition) is 0. The molecule has 0 bridgehead atoms. The van der Waals surface area contributed by atoms with Gasteiger partial charge in [-0.05, 0) is 24.6 Å². The Hall–Kier alpha value is -2.00. The fourth-order valence-corrected chi connectivity index (χ4v) is 2.05. The fourth-order valence-electron chi connectivity index (χ4n) is 1.85. The first-order valence-corrected chi connectivity index (χ1v) is 7.20. The summed E-state index contributed by atoms with van der Waals surface area (Å²) in [7, 11) is 0. The lowest BCUT2D eigenvalue weighted by Gasteiger charge is -2.18. The molecule has 0 aliphatic heterocycles. The molecular formula is C17H17ClO3. The van der Waals surface area contributed by atoms with Crippen molar-refractivity contribution in [3.8, 4) is 11.5 Å². The molecule has 0 saturated heterocycles. The van der Waals surface area contributed by atoms with E-state index in [0.29, 0.717) is 10.8 Å². The van der Waals surface area contributed by atoms with Crippen LogP contribution >= 0.6 is 11.6 Å². The van der Waals surface area contributed by atoms with E-state index in [4.69, 9.17) is 21.1 Å². The van der Waals surface area contributed by atoms with E-state index < -0.39 is 0 Å². The van der Waals surface area contributed by atoms with Crippen molar-refractivity contribution in [3.05, 3.63) is 59.1 Å². The van der Waals surface area contributed by atoms with Crippen molar-refractivity contribution in [3.63, 3.8) is 0 Å². The van der Waals surface area contributed by atoms with Crippen LogP contribution in [0.3, 0.4) is 0 Å². The third kappa shape index (κ3) is 3.99. The molecule has 1 unspecified atom stereocenters. The molecule has 4 heteroatoms. The van der Waals surface area contributed by atoms with Gasteiger partial charge >= 0.3 is 5.97 Å². The van der Waals surface area contributed by atoms with Gasteiger partial charge in [0, 0.05) is 6.42 Å². The fraction of sp³-hybridized carbons (Fsp3) is 0.235. The van der Waals surface area contributed by atoms with E-state index in [1.165, 1.54) is 0 Å². The van der Waals surface area contributed by atoms with Gasteiger partial charge in [-0.2, -0.15) is 0 Å². The van der Waals surface area contributed by atoms with Gasteiger partial charge in [0.1, 0.15) is 6.10 Å². The van der Waals surface area contributed by atoms with Crippen LogP contribution in [0, 0.1) is 0 Å². The summed E-state index contributed by atoms with van der Waals surface area (Å²) in [5.74, 6) is 0.384. The molecule has 0 amide bonds. The third-order valence-corrected chi connectivity index (χ3v) is 3.31. The molecule has 110 valence electrons. The van der Waals surface area contributed by atoms with Crippen LogP contribution in [0.1, 0.15) is 31.9 Å². The Balaban J connectivity index is 2.23. The Morgan fingerprint density at radius 3 is 2.52 bits per heavy atom. The molecule has 0 aliphatic carbocycles. The summed E-state index contributed by atoms with van der Waals surface area (Å²) in [5.41, 5.74) is 1.03. The Kier molecular flexibility index (Phi) is 5.23. The zero-order valence-electron chi connectivity index (χ0n) is 12.0. The summed E-state index contributed by atoms with van der Waals surface area (Å²) < 4.78 is 11.2. The molecule has 0 aliphatic rings. The molecule has 2 rings (SSSR count). The zero-order valence-corrected chi connectivity index (χ0v) is 12.8. The van der Waals surface area contributed by atoms with Crippen molar-refractivity contribution >= 4 is 17.6 Å². The number of rotatable bonds is 5. The number of esters is 1. The molecule has 0 N–H and O–H groups in total. The van der Waals surface area contributed by atoms with Crippen molar-refractivity contribution in [1.82, 2.24) is 0 Å². The molecule has 1 atom stereocenters. The molecule has 2 aromatic carbocycles. The van der Waals surface area contributed by atoms with E-state index >= 15 is 0 Å². The van der Waals surface area contributed by atoms with Gasteiger partial charge in [0.05, 0.1) is 5.02 Å². The van der Waals surface area contributed by atoms with Crippen LogP contribution in [0.4, 0.5) is 0 Å². The summed E-state index contributed by atoms with van der Waals surface area (Å²) >= 11 is 6.10. The van der Waals surface area contributed by atoms with Gasteiger partial charge in [0.2, 0.25) is 0 Å². The van der Waals surface area contributed by atoms with E-state index in [2.05, 4.69) is 0 Å². The Bertz CT molecular complexity index is 611. The number of para-hydroxylation sites is 1. The quantitative estimate of drug-likeness (QED) is 0.588. The first-order valence-electron chi connectivity index (χ1n) is 6.82. The van der Waals surface area contributed by atoms with Gasteiger partial charge in [-0.15, -0.1) is 0 Å². The number of ether oxygens (including phenoxy) is 2. The lowest BCUT2D eigenvalue weighted by molar-refractivity contribution is -0.134. The van der Waals surface area contributed by atoms with Crippen LogP contribution < -0.4 is 9.47 Å². The molecule has 3 nitrogen and oxygen atoms in total. The average molecular weight is 305 g/mol. The summed E-state index contributed by atoms with van der Waals surface area (Å²) in [4.78, 5) is 11.5. The highest BCUT2D eigenvalue weighted by Gasteiger charge is 2.16. The van der Waals surface area contributed by atoms with Gasteiger partial charge < -0.3 is 9.47 Å². The normalized spacial score (nSPS) is 11.8. The number of carbonyl (C=O) groups excluding carboxylic acids is 1. The topological polar surface area (TPSA) is 35.5 Å². The van der Waals surface area contributed by atoms with Crippen molar-refractivity contribution in [2.45, 2.75) is 26.4 Å². The van der Waals surface area contributed by atoms with Crippen LogP contribution in [0.25, 0.3) is 0 Å². The summed E-state index contributed by atoms with van der Waals surface area (Å²) in [6, 6.07) is 15.0. The number of benzene rings is 2. The van der Waals surface area contributed by atoms with Crippen LogP contribution in [-0.4, -0.2) is 5.97 Å². The molecule has 21 heavy (non-hydrogen) atoms. The Morgan fingerprint density at radius 2 is 1.86 bits per heavy atom. The predicted molar refractivity (Wildman–Crippen MR) is 82.9 cm³/mol. The number of carbonyl (C=O) groups is 1. The molecule has 2 aromatic rings. The smallest absolute Gasteiger partial charge is 0.311 e. The second-order valence-electron chi connectivity index (χ2n) is 4.57. The minimum absolute atomic E-state index is 0.177. The molecule has 0 aromatic heterocycles. The van der Waals surface area contributed by atoms with Crippen LogP contribution in [-0.2, 0) is 4.79 Å². The van der Waals surface area contributed by atoms with Crippen molar-refractivity contribution in [1.29, 1.82) is 0 Å². The van der Waals surface area contributed by atoms with Gasteiger partial charge in [-0.25, -0.2) is 0 Å². The maximum atomic E-state index is 11.5. The van der Waals surface area contributed by atoms with E-state index in [0.717, 1.165) is 5.56 Å². The molecule has 0 saturated carbocycles. The van der Waals surface area contributed by atoms with E-state index in [-0.39, 0.29) is 24.2 Å². The highest BCUT2D eigenvalue weighted by molar-refractivity contribution is 6.32. The SMILES string of the molecule is CCC(=O)Oc1c(Cl)cccc1OC(C)c1ccccc1. The molecule has 0 radical (unpaired) electrons.